The Balaban J connectivity index is 2.00. The van der Waals surface area contributed by atoms with E-state index < -0.39 is 11.9 Å². The number of benzene rings is 1. The molecular weight excluding hydrogens is 282 g/mol. The number of hydrogen-bond acceptors (Lipinski definition) is 5. The average molecular weight is 303 g/mol. The summed E-state index contributed by atoms with van der Waals surface area (Å²) in [5.41, 5.74) is 2.18. The number of ether oxygens (including phenoxy) is 2. The second kappa shape index (κ2) is 6.08. The third-order valence-corrected chi connectivity index (χ3v) is 4.45. The highest BCUT2D eigenvalue weighted by Gasteiger charge is 2.33. The molecule has 1 aromatic carbocycles. The third-order valence-electron chi connectivity index (χ3n) is 4.45. The normalized spacial score (nSPS) is 23.2. The number of esters is 2. The Hall–Kier alpha value is -1.88. The van der Waals surface area contributed by atoms with E-state index in [2.05, 4.69) is 5.32 Å². The Morgan fingerprint density at radius 3 is 2.64 bits per heavy atom. The maximum Gasteiger partial charge on any atom is 0.308 e. The molecule has 22 heavy (non-hydrogen) atoms. The predicted octanol–water partition coefficient (Wildman–Crippen LogP) is 2.00. The zero-order valence-corrected chi connectivity index (χ0v) is 13.0. The number of carbonyl (C=O) groups excluding carboxylic acids is 2. The lowest BCUT2D eigenvalue weighted by atomic mass is 9.76. The molecule has 1 heterocycles. The molecule has 1 aliphatic heterocycles. The van der Waals surface area contributed by atoms with E-state index in [9.17, 15) is 9.59 Å². The van der Waals surface area contributed by atoms with Crippen LogP contribution < -0.4 is 14.8 Å². The van der Waals surface area contributed by atoms with Crippen molar-refractivity contribution < 1.29 is 19.1 Å². The predicted molar refractivity (Wildman–Crippen MR) is 81.0 cm³/mol. The Labute approximate surface area is 130 Å². The van der Waals surface area contributed by atoms with E-state index in [4.69, 9.17) is 9.47 Å². The molecule has 0 bridgehead atoms. The van der Waals surface area contributed by atoms with Crippen LogP contribution >= 0.6 is 0 Å². The molecule has 5 heteroatoms. The smallest absolute Gasteiger partial charge is 0.308 e. The number of fused-ring (bicyclic) bond motifs is 2. The van der Waals surface area contributed by atoms with Gasteiger partial charge < -0.3 is 14.8 Å². The maximum atomic E-state index is 11.4. The van der Waals surface area contributed by atoms with Crippen molar-refractivity contribution in [3.05, 3.63) is 23.3 Å². The number of piperidine rings is 1. The molecule has 2 aliphatic rings. The highest BCUT2D eigenvalue weighted by molar-refractivity contribution is 5.75. The van der Waals surface area contributed by atoms with Crippen LogP contribution in [0, 0.1) is 5.92 Å². The first-order valence-electron chi connectivity index (χ1n) is 7.79. The number of nitrogens with one attached hydrogen (secondary N) is 1. The summed E-state index contributed by atoms with van der Waals surface area (Å²) in [6, 6.07) is 4.19. The van der Waals surface area contributed by atoms with Gasteiger partial charge in [0.05, 0.1) is 0 Å². The summed E-state index contributed by atoms with van der Waals surface area (Å²) in [5.74, 6) is 0.489. The zero-order chi connectivity index (χ0) is 15.7. The molecule has 1 aliphatic carbocycles. The minimum atomic E-state index is -0.415. The largest absolute Gasteiger partial charge is 0.423 e. The van der Waals surface area contributed by atoms with Gasteiger partial charge in [-0.05, 0) is 49.8 Å². The molecule has 0 saturated carbocycles. The second-order valence-corrected chi connectivity index (χ2v) is 6.09. The minimum Gasteiger partial charge on any atom is -0.423 e. The number of rotatable bonds is 2. The van der Waals surface area contributed by atoms with Crippen molar-refractivity contribution in [2.45, 2.75) is 45.6 Å². The van der Waals surface area contributed by atoms with Crippen LogP contribution in [-0.4, -0.2) is 24.5 Å². The fourth-order valence-electron chi connectivity index (χ4n) is 3.55. The second-order valence-electron chi connectivity index (χ2n) is 6.09. The Morgan fingerprint density at radius 1 is 1.14 bits per heavy atom. The van der Waals surface area contributed by atoms with Crippen LogP contribution in [0.2, 0.25) is 0 Å². The molecule has 0 radical (unpaired) electrons. The Bertz CT molecular complexity index is 611. The van der Waals surface area contributed by atoms with Crippen LogP contribution in [0.4, 0.5) is 0 Å². The van der Waals surface area contributed by atoms with Gasteiger partial charge in [0, 0.05) is 25.5 Å². The lowest BCUT2D eigenvalue weighted by molar-refractivity contribution is -0.134. The van der Waals surface area contributed by atoms with Gasteiger partial charge in [-0.2, -0.15) is 0 Å². The highest BCUT2D eigenvalue weighted by atomic mass is 16.6. The third kappa shape index (κ3) is 2.99. The fourth-order valence-corrected chi connectivity index (χ4v) is 3.55. The van der Waals surface area contributed by atoms with Gasteiger partial charge in [0.1, 0.15) is 0 Å². The van der Waals surface area contributed by atoms with Crippen molar-refractivity contribution in [3.63, 3.8) is 0 Å². The first-order chi connectivity index (χ1) is 10.5. The molecule has 0 unspecified atom stereocenters. The van der Waals surface area contributed by atoms with Crippen molar-refractivity contribution in [2.24, 2.45) is 5.92 Å². The molecule has 1 N–H and O–H groups in total. The monoisotopic (exact) mass is 303 g/mol. The molecule has 0 aromatic heterocycles. The number of carbonyl (C=O) groups is 2. The SMILES string of the molecule is CC(=O)Oc1ccc2c(c1OC(C)=O)C[C@H]1CCCN[C@@H]1C2. The van der Waals surface area contributed by atoms with Crippen LogP contribution in [-0.2, 0) is 22.4 Å². The van der Waals surface area contributed by atoms with Gasteiger partial charge in [-0.1, -0.05) is 6.07 Å². The van der Waals surface area contributed by atoms with Crippen molar-refractivity contribution in [2.75, 3.05) is 6.54 Å². The van der Waals surface area contributed by atoms with E-state index in [0.717, 1.165) is 24.9 Å². The average Bonchev–Trinajstić information content (AvgIpc) is 2.47. The summed E-state index contributed by atoms with van der Waals surface area (Å²) >= 11 is 0. The molecule has 1 fully saturated rings. The van der Waals surface area contributed by atoms with Crippen LogP contribution in [0.5, 0.6) is 11.5 Å². The van der Waals surface area contributed by atoms with Crippen molar-refractivity contribution in [1.82, 2.24) is 5.32 Å². The molecule has 3 rings (SSSR count). The Morgan fingerprint density at radius 2 is 1.91 bits per heavy atom. The lowest BCUT2D eigenvalue weighted by Crippen LogP contribution is -2.46. The summed E-state index contributed by atoms with van der Waals surface area (Å²) in [6.45, 7) is 3.78. The van der Waals surface area contributed by atoms with Gasteiger partial charge in [-0.15, -0.1) is 0 Å². The molecule has 1 aromatic rings. The van der Waals surface area contributed by atoms with Gasteiger partial charge in [-0.25, -0.2) is 0 Å². The topological polar surface area (TPSA) is 64.6 Å². The molecule has 1 saturated heterocycles. The van der Waals surface area contributed by atoms with E-state index in [1.165, 1.54) is 32.3 Å². The molecule has 2 atom stereocenters. The maximum absolute atomic E-state index is 11.4. The fraction of sp³-hybridized carbons (Fsp3) is 0.529. The van der Waals surface area contributed by atoms with Crippen molar-refractivity contribution in [3.8, 4) is 11.5 Å². The Kier molecular flexibility index (Phi) is 4.16. The van der Waals surface area contributed by atoms with Crippen LogP contribution in [0.25, 0.3) is 0 Å². The van der Waals surface area contributed by atoms with Crippen molar-refractivity contribution >= 4 is 11.9 Å². The van der Waals surface area contributed by atoms with Gasteiger partial charge in [0.2, 0.25) is 0 Å². The van der Waals surface area contributed by atoms with E-state index in [0.29, 0.717) is 23.5 Å². The highest BCUT2D eigenvalue weighted by Crippen LogP contribution is 2.41. The van der Waals surface area contributed by atoms with Gasteiger partial charge in [-0.3, -0.25) is 9.59 Å². The lowest BCUT2D eigenvalue weighted by Gasteiger charge is -2.38. The summed E-state index contributed by atoms with van der Waals surface area (Å²) in [6.07, 6.45) is 4.12. The van der Waals surface area contributed by atoms with Gasteiger partial charge in [0.15, 0.2) is 11.5 Å². The summed E-state index contributed by atoms with van der Waals surface area (Å²) in [4.78, 5) is 22.7. The molecular formula is C17H21NO4. The minimum absolute atomic E-state index is 0.337. The van der Waals surface area contributed by atoms with E-state index in [1.54, 1.807) is 6.07 Å². The first kappa shape index (κ1) is 15.0. The van der Waals surface area contributed by atoms with E-state index in [1.807, 2.05) is 6.07 Å². The first-order valence-corrected chi connectivity index (χ1v) is 7.79. The number of hydrogen-bond donors (Lipinski definition) is 1. The quantitative estimate of drug-likeness (QED) is 0.669. The van der Waals surface area contributed by atoms with E-state index in [-0.39, 0.29) is 0 Å². The van der Waals surface area contributed by atoms with E-state index >= 15 is 0 Å². The van der Waals surface area contributed by atoms with Crippen molar-refractivity contribution in [1.29, 1.82) is 0 Å². The summed E-state index contributed by atoms with van der Waals surface area (Å²) in [7, 11) is 0. The molecule has 5 nitrogen and oxygen atoms in total. The van der Waals surface area contributed by atoms with Crippen LogP contribution in [0.1, 0.15) is 37.8 Å². The summed E-state index contributed by atoms with van der Waals surface area (Å²) in [5, 5.41) is 3.58. The standard InChI is InChI=1S/C17H21NO4/c1-10(19)21-16-6-5-12-9-15-13(4-3-7-18-15)8-14(12)17(16)22-11(2)20/h5-6,13,15,18H,3-4,7-9H2,1-2H3/t13-,15-/m1/s1. The van der Waals surface area contributed by atoms with Crippen LogP contribution in [0.3, 0.4) is 0 Å². The molecule has 0 amide bonds. The van der Waals surface area contributed by atoms with Gasteiger partial charge in [0.25, 0.3) is 0 Å². The zero-order valence-electron chi connectivity index (χ0n) is 13.0. The van der Waals surface area contributed by atoms with Crippen LogP contribution in [0.15, 0.2) is 12.1 Å². The summed E-state index contributed by atoms with van der Waals surface area (Å²) < 4.78 is 10.6. The molecule has 118 valence electrons. The van der Waals surface area contributed by atoms with Gasteiger partial charge >= 0.3 is 11.9 Å². The molecule has 0 spiro atoms.